The van der Waals surface area contributed by atoms with Gasteiger partial charge in [0, 0.05) is 4.47 Å². The highest BCUT2D eigenvalue weighted by molar-refractivity contribution is 14.1. The molecule has 1 N–H and O–H groups in total. The van der Waals surface area contributed by atoms with Gasteiger partial charge in [-0.15, -0.1) is 0 Å². The number of carbonyl (C=O) groups excluding carboxylic acids is 1. The smallest absolute Gasteiger partial charge is 0.343 e. The zero-order chi connectivity index (χ0) is 20.6. The van der Waals surface area contributed by atoms with Gasteiger partial charge in [-0.1, -0.05) is 40.2 Å². The van der Waals surface area contributed by atoms with Gasteiger partial charge in [-0.25, -0.2) is 4.79 Å². The van der Waals surface area contributed by atoms with Crippen molar-refractivity contribution in [3.63, 3.8) is 0 Å². The monoisotopic (exact) mass is 564 g/mol. The van der Waals surface area contributed by atoms with Crippen molar-refractivity contribution < 1.29 is 14.3 Å². The van der Waals surface area contributed by atoms with Crippen LogP contribution in [0.1, 0.15) is 22.8 Å². The average Bonchev–Trinajstić information content (AvgIpc) is 2.71. The van der Waals surface area contributed by atoms with E-state index in [1.54, 1.807) is 36.5 Å². The van der Waals surface area contributed by atoms with E-state index in [1.807, 2.05) is 43.3 Å². The molecule has 0 aliphatic rings. The van der Waals surface area contributed by atoms with Crippen molar-refractivity contribution >= 4 is 56.4 Å². The molecule has 0 spiro atoms. The number of rotatable bonds is 7. The Bertz CT molecular complexity index is 1030. The van der Waals surface area contributed by atoms with Crippen molar-refractivity contribution in [3.8, 4) is 11.5 Å². The Morgan fingerprint density at radius 2 is 1.93 bits per heavy atom. The minimum Gasteiger partial charge on any atom is -0.490 e. The molecule has 0 saturated carbocycles. The van der Waals surface area contributed by atoms with Gasteiger partial charge in [0.1, 0.15) is 0 Å². The molecule has 0 saturated heterocycles. The van der Waals surface area contributed by atoms with Gasteiger partial charge in [-0.3, -0.25) is 5.43 Å². The van der Waals surface area contributed by atoms with Crippen LogP contribution in [0.25, 0.3) is 0 Å². The maximum Gasteiger partial charge on any atom is 0.343 e. The SMILES string of the molecule is CCOc1cc(/C=N\Nc2cccc(Br)c2)cc(I)c1OC(=O)c1ccccc1. The molecule has 7 heteroatoms. The first-order valence-corrected chi connectivity index (χ1v) is 10.7. The van der Waals surface area contributed by atoms with E-state index in [4.69, 9.17) is 9.47 Å². The van der Waals surface area contributed by atoms with Crippen LogP contribution in [0, 0.1) is 3.57 Å². The lowest BCUT2D eigenvalue weighted by molar-refractivity contribution is 0.0727. The minimum atomic E-state index is -0.429. The Morgan fingerprint density at radius 1 is 1.14 bits per heavy atom. The molecule has 3 rings (SSSR count). The summed E-state index contributed by atoms with van der Waals surface area (Å²) in [6.45, 7) is 2.33. The van der Waals surface area contributed by atoms with Gasteiger partial charge < -0.3 is 9.47 Å². The largest absolute Gasteiger partial charge is 0.490 e. The Balaban J connectivity index is 1.80. The number of esters is 1. The number of ether oxygens (including phenoxy) is 2. The predicted molar refractivity (Wildman–Crippen MR) is 127 cm³/mol. The maximum absolute atomic E-state index is 12.4. The highest BCUT2D eigenvalue weighted by Gasteiger charge is 2.17. The Labute approximate surface area is 191 Å². The molecule has 0 bridgehead atoms. The summed E-state index contributed by atoms with van der Waals surface area (Å²) in [5.74, 6) is 0.466. The zero-order valence-corrected chi connectivity index (χ0v) is 19.3. The van der Waals surface area contributed by atoms with E-state index >= 15 is 0 Å². The third-order valence-electron chi connectivity index (χ3n) is 3.77. The van der Waals surface area contributed by atoms with E-state index in [1.165, 1.54) is 0 Å². The minimum absolute atomic E-state index is 0.401. The first-order valence-electron chi connectivity index (χ1n) is 8.85. The zero-order valence-electron chi connectivity index (χ0n) is 15.6. The van der Waals surface area contributed by atoms with Crippen LogP contribution >= 0.6 is 38.5 Å². The van der Waals surface area contributed by atoms with Gasteiger partial charge in [0.15, 0.2) is 11.5 Å². The fourth-order valence-electron chi connectivity index (χ4n) is 2.49. The lowest BCUT2D eigenvalue weighted by Crippen LogP contribution is -2.11. The van der Waals surface area contributed by atoms with Crippen LogP contribution in [0.3, 0.4) is 0 Å². The molecule has 3 aromatic carbocycles. The van der Waals surface area contributed by atoms with Crippen LogP contribution in [-0.2, 0) is 0 Å². The second-order valence-corrected chi connectivity index (χ2v) is 7.98. The standard InChI is InChI=1S/C22H18BrIN2O3/c1-2-28-20-12-15(14-25-26-18-10-6-9-17(23)13-18)11-19(24)21(20)29-22(27)16-7-4-3-5-8-16/h3-14,26H,2H2,1H3/b25-14-. The number of anilines is 1. The van der Waals surface area contributed by atoms with E-state index in [0.29, 0.717) is 23.7 Å². The molecular weight excluding hydrogens is 547 g/mol. The van der Waals surface area contributed by atoms with Gasteiger partial charge in [-0.2, -0.15) is 5.10 Å². The molecule has 0 fully saturated rings. The summed E-state index contributed by atoms with van der Waals surface area (Å²) in [6, 6.07) is 20.3. The van der Waals surface area contributed by atoms with Crippen LogP contribution in [0.15, 0.2) is 76.3 Å². The molecule has 0 aromatic heterocycles. The molecule has 0 aliphatic carbocycles. The summed E-state index contributed by atoms with van der Waals surface area (Å²) < 4.78 is 13.0. The molecule has 5 nitrogen and oxygen atoms in total. The molecule has 0 aliphatic heterocycles. The Kier molecular flexibility index (Phi) is 7.65. The number of benzene rings is 3. The van der Waals surface area contributed by atoms with Crippen molar-refractivity contribution in [2.24, 2.45) is 5.10 Å². The summed E-state index contributed by atoms with van der Waals surface area (Å²) in [6.07, 6.45) is 1.69. The molecule has 0 heterocycles. The highest BCUT2D eigenvalue weighted by Crippen LogP contribution is 2.34. The fourth-order valence-corrected chi connectivity index (χ4v) is 3.62. The first-order chi connectivity index (χ1) is 14.1. The number of nitrogens with one attached hydrogen (secondary N) is 1. The summed E-state index contributed by atoms with van der Waals surface area (Å²) >= 11 is 5.55. The van der Waals surface area contributed by atoms with Crippen molar-refractivity contribution in [2.45, 2.75) is 6.92 Å². The van der Waals surface area contributed by atoms with Gasteiger partial charge in [0.2, 0.25) is 0 Å². The highest BCUT2D eigenvalue weighted by atomic mass is 127. The second kappa shape index (κ2) is 10.4. The quantitative estimate of drug-likeness (QED) is 0.123. The van der Waals surface area contributed by atoms with Crippen molar-refractivity contribution in [3.05, 3.63) is 85.9 Å². The molecule has 0 amide bonds. The van der Waals surface area contributed by atoms with E-state index in [-0.39, 0.29) is 0 Å². The van der Waals surface area contributed by atoms with Gasteiger partial charge >= 0.3 is 5.97 Å². The maximum atomic E-state index is 12.4. The fraction of sp³-hybridized carbons (Fsp3) is 0.0909. The number of hydrogen-bond acceptors (Lipinski definition) is 5. The van der Waals surface area contributed by atoms with Crippen LogP contribution in [0.4, 0.5) is 5.69 Å². The van der Waals surface area contributed by atoms with Crippen LogP contribution in [0.5, 0.6) is 11.5 Å². The molecule has 148 valence electrons. The predicted octanol–water partition coefficient (Wildman–Crippen LogP) is 6.12. The summed E-state index contributed by atoms with van der Waals surface area (Å²) in [7, 11) is 0. The number of carbonyl (C=O) groups is 1. The van der Waals surface area contributed by atoms with Crippen LogP contribution < -0.4 is 14.9 Å². The number of hydrazone groups is 1. The van der Waals surface area contributed by atoms with E-state index in [0.717, 1.165) is 19.3 Å². The van der Waals surface area contributed by atoms with E-state index in [9.17, 15) is 4.79 Å². The number of halogens is 2. The molecule has 0 atom stereocenters. The van der Waals surface area contributed by atoms with Crippen molar-refractivity contribution in [1.29, 1.82) is 0 Å². The molecule has 0 radical (unpaired) electrons. The number of hydrogen-bond donors (Lipinski definition) is 1. The summed E-state index contributed by atoms with van der Waals surface area (Å²) in [5, 5.41) is 4.27. The van der Waals surface area contributed by atoms with Gasteiger partial charge in [0.05, 0.1) is 27.6 Å². The second-order valence-electron chi connectivity index (χ2n) is 5.90. The van der Waals surface area contributed by atoms with E-state index in [2.05, 4.69) is 49.0 Å². The average molecular weight is 565 g/mol. The summed E-state index contributed by atoms with van der Waals surface area (Å²) in [4.78, 5) is 12.4. The van der Waals surface area contributed by atoms with Gasteiger partial charge in [0.25, 0.3) is 0 Å². The Morgan fingerprint density at radius 3 is 2.66 bits per heavy atom. The third kappa shape index (κ3) is 6.04. The first kappa shape index (κ1) is 21.3. The molecule has 29 heavy (non-hydrogen) atoms. The summed E-state index contributed by atoms with van der Waals surface area (Å²) in [5.41, 5.74) is 5.15. The van der Waals surface area contributed by atoms with Crippen molar-refractivity contribution in [1.82, 2.24) is 0 Å². The van der Waals surface area contributed by atoms with Crippen LogP contribution in [0.2, 0.25) is 0 Å². The lowest BCUT2D eigenvalue weighted by Gasteiger charge is -2.13. The Hall–Kier alpha value is -2.39. The number of nitrogens with zero attached hydrogens (tertiary/aromatic N) is 1. The lowest BCUT2D eigenvalue weighted by atomic mass is 10.2. The van der Waals surface area contributed by atoms with Crippen LogP contribution in [-0.4, -0.2) is 18.8 Å². The third-order valence-corrected chi connectivity index (χ3v) is 5.06. The molecular formula is C22H18BrIN2O3. The molecule has 0 unspecified atom stereocenters. The normalized spacial score (nSPS) is 10.7. The molecule has 3 aromatic rings. The van der Waals surface area contributed by atoms with Gasteiger partial charge in [-0.05, 0) is 77.5 Å². The van der Waals surface area contributed by atoms with E-state index < -0.39 is 5.97 Å². The van der Waals surface area contributed by atoms with Crippen molar-refractivity contribution in [2.75, 3.05) is 12.0 Å². The topological polar surface area (TPSA) is 59.9 Å².